The minimum absolute atomic E-state index is 0.0235. The normalized spacial score (nSPS) is 10.7. The number of carbonyl (C=O) groups is 1. The first-order chi connectivity index (χ1) is 10.1. The molecule has 1 aromatic carbocycles. The third-order valence-electron chi connectivity index (χ3n) is 3.66. The lowest BCUT2D eigenvalue weighted by Crippen LogP contribution is -2.32. The van der Waals surface area contributed by atoms with Crippen molar-refractivity contribution < 1.29 is 4.79 Å². The molecule has 0 saturated carbocycles. The topological polar surface area (TPSA) is 25.2 Å². The van der Waals surface area contributed by atoms with Gasteiger partial charge in [0.2, 0.25) is 5.91 Å². The number of nitrogens with zero attached hydrogens (tertiary/aromatic N) is 2. The summed E-state index contributed by atoms with van der Waals surface area (Å²) in [6.07, 6.45) is 5.59. The molecule has 0 spiro atoms. The largest absolute Gasteiger partial charge is 0.336 e. The first-order valence-electron chi connectivity index (χ1n) is 7.27. The van der Waals surface area contributed by atoms with E-state index in [0.29, 0.717) is 6.67 Å². The van der Waals surface area contributed by atoms with Crippen LogP contribution >= 0.6 is 11.6 Å². The van der Waals surface area contributed by atoms with E-state index < -0.39 is 0 Å². The predicted octanol–water partition coefficient (Wildman–Crippen LogP) is 4.28. The van der Waals surface area contributed by atoms with Crippen LogP contribution in [0.4, 0.5) is 5.69 Å². The summed E-state index contributed by atoms with van der Waals surface area (Å²) in [5, 5.41) is 0.725. The number of rotatable bonds is 5. The highest BCUT2D eigenvalue weighted by molar-refractivity contribution is 6.32. The lowest BCUT2D eigenvalue weighted by molar-refractivity contribution is -0.116. The van der Waals surface area contributed by atoms with Crippen LogP contribution in [0.5, 0.6) is 0 Å². The molecule has 0 aliphatic rings. The van der Waals surface area contributed by atoms with Gasteiger partial charge in [0.25, 0.3) is 0 Å². The molecule has 0 radical (unpaired) electrons. The smallest absolute Gasteiger partial charge is 0.225 e. The molecule has 21 heavy (non-hydrogen) atoms. The number of hydrogen-bond donors (Lipinski definition) is 0. The Bertz CT molecular complexity index is 620. The maximum Gasteiger partial charge on any atom is 0.225 e. The Labute approximate surface area is 131 Å². The molecule has 0 N–H and O–H groups in total. The molecule has 0 aliphatic heterocycles. The zero-order valence-corrected chi connectivity index (χ0v) is 13.5. The third kappa shape index (κ3) is 3.30. The van der Waals surface area contributed by atoms with Gasteiger partial charge in [-0.3, -0.25) is 9.69 Å². The molecule has 112 valence electrons. The number of aromatic nitrogens is 1. The summed E-state index contributed by atoms with van der Waals surface area (Å²) in [5.41, 5.74) is 3.16. The zero-order valence-electron chi connectivity index (χ0n) is 12.8. The molecule has 2 rings (SSSR count). The molecule has 0 aliphatic carbocycles. The van der Waals surface area contributed by atoms with Crippen molar-refractivity contribution in [1.82, 2.24) is 4.57 Å². The second kappa shape index (κ2) is 6.81. The van der Waals surface area contributed by atoms with E-state index in [4.69, 9.17) is 11.6 Å². The molecule has 0 atom stereocenters. The average Bonchev–Trinajstić information content (AvgIpc) is 2.97. The van der Waals surface area contributed by atoms with Gasteiger partial charge in [-0.25, -0.2) is 0 Å². The van der Waals surface area contributed by atoms with Crippen LogP contribution in [0.2, 0.25) is 5.02 Å². The Morgan fingerprint density at radius 2 is 1.86 bits per heavy atom. The van der Waals surface area contributed by atoms with Crippen molar-refractivity contribution in [3.8, 4) is 0 Å². The second-order valence-electron chi connectivity index (χ2n) is 5.03. The maximum atomic E-state index is 12.2. The number of carbonyl (C=O) groups excluding carboxylic acids is 1. The summed E-state index contributed by atoms with van der Waals surface area (Å²) < 4.78 is 1.99. The number of halogens is 1. The van der Waals surface area contributed by atoms with Gasteiger partial charge in [0, 0.05) is 24.3 Å². The number of aryl methyl sites for hydroxylation is 1. The van der Waals surface area contributed by atoms with E-state index in [1.165, 1.54) is 0 Å². The highest BCUT2D eigenvalue weighted by atomic mass is 35.5. The summed E-state index contributed by atoms with van der Waals surface area (Å²) in [6, 6.07) is 7.86. The summed E-state index contributed by atoms with van der Waals surface area (Å²) in [4.78, 5) is 14.0. The van der Waals surface area contributed by atoms with E-state index >= 15 is 0 Å². The summed E-state index contributed by atoms with van der Waals surface area (Å²) in [7, 11) is 0. The SMILES string of the molecule is CCc1ccc(Cl)c(CC)c1N(Cn1cccc1)C(C)=O. The first kappa shape index (κ1) is 15.6. The summed E-state index contributed by atoms with van der Waals surface area (Å²) in [5.74, 6) is 0.0235. The molecule has 0 unspecified atom stereocenters. The van der Waals surface area contributed by atoms with Crippen molar-refractivity contribution in [3.63, 3.8) is 0 Å². The van der Waals surface area contributed by atoms with Gasteiger partial charge in [-0.1, -0.05) is 31.5 Å². The number of hydrogen-bond acceptors (Lipinski definition) is 1. The van der Waals surface area contributed by atoms with Crippen LogP contribution in [0, 0.1) is 0 Å². The van der Waals surface area contributed by atoms with E-state index in [0.717, 1.165) is 34.7 Å². The average molecular weight is 305 g/mol. The molecular weight excluding hydrogens is 284 g/mol. The summed E-state index contributed by atoms with van der Waals surface area (Å²) in [6.45, 7) is 6.27. The van der Waals surface area contributed by atoms with Gasteiger partial charge < -0.3 is 4.57 Å². The maximum absolute atomic E-state index is 12.2. The van der Waals surface area contributed by atoms with Crippen molar-refractivity contribution >= 4 is 23.2 Å². The molecule has 1 heterocycles. The molecular formula is C17H21ClN2O. The lowest BCUT2D eigenvalue weighted by atomic mass is 10.0. The Morgan fingerprint density at radius 3 is 2.38 bits per heavy atom. The van der Waals surface area contributed by atoms with E-state index in [1.54, 1.807) is 6.92 Å². The zero-order chi connectivity index (χ0) is 15.4. The molecule has 2 aromatic rings. The van der Waals surface area contributed by atoms with Crippen LogP contribution in [0.3, 0.4) is 0 Å². The van der Waals surface area contributed by atoms with Crippen molar-refractivity contribution in [1.29, 1.82) is 0 Å². The van der Waals surface area contributed by atoms with E-state index in [2.05, 4.69) is 13.8 Å². The van der Waals surface area contributed by atoms with E-state index in [-0.39, 0.29) is 5.91 Å². The Kier molecular flexibility index (Phi) is 5.07. The predicted molar refractivity (Wildman–Crippen MR) is 87.8 cm³/mol. The second-order valence-corrected chi connectivity index (χ2v) is 5.43. The van der Waals surface area contributed by atoms with Crippen molar-refractivity contribution in [3.05, 3.63) is 52.8 Å². The fourth-order valence-corrected chi connectivity index (χ4v) is 2.86. The van der Waals surface area contributed by atoms with Crippen molar-refractivity contribution in [2.45, 2.75) is 40.3 Å². The third-order valence-corrected chi connectivity index (χ3v) is 4.02. The van der Waals surface area contributed by atoms with Crippen LogP contribution in [-0.4, -0.2) is 10.5 Å². The van der Waals surface area contributed by atoms with Gasteiger partial charge >= 0.3 is 0 Å². The molecule has 0 fully saturated rings. The van der Waals surface area contributed by atoms with E-state index in [9.17, 15) is 4.79 Å². The Balaban J connectivity index is 2.53. The van der Waals surface area contributed by atoms with Crippen LogP contribution in [0.15, 0.2) is 36.7 Å². The minimum atomic E-state index is 0.0235. The van der Waals surface area contributed by atoms with Crippen LogP contribution in [0.25, 0.3) is 0 Å². The van der Waals surface area contributed by atoms with Crippen LogP contribution < -0.4 is 4.90 Å². The molecule has 3 nitrogen and oxygen atoms in total. The van der Waals surface area contributed by atoms with Gasteiger partial charge in [-0.05, 0) is 42.2 Å². The van der Waals surface area contributed by atoms with E-state index in [1.807, 2.05) is 46.1 Å². The lowest BCUT2D eigenvalue weighted by Gasteiger charge is -2.27. The molecule has 0 bridgehead atoms. The van der Waals surface area contributed by atoms with Crippen molar-refractivity contribution in [2.75, 3.05) is 4.90 Å². The Hall–Kier alpha value is -1.74. The fourth-order valence-electron chi connectivity index (χ4n) is 2.57. The van der Waals surface area contributed by atoms with Gasteiger partial charge in [0.05, 0.1) is 5.69 Å². The summed E-state index contributed by atoms with van der Waals surface area (Å²) >= 11 is 6.34. The number of anilines is 1. The molecule has 1 aromatic heterocycles. The van der Waals surface area contributed by atoms with Gasteiger partial charge in [-0.15, -0.1) is 0 Å². The number of amides is 1. The standard InChI is InChI=1S/C17H21ClN2O/c1-4-14-8-9-16(18)15(5-2)17(14)20(13(3)21)12-19-10-6-7-11-19/h6-11H,4-5,12H2,1-3H3. The minimum Gasteiger partial charge on any atom is -0.336 e. The van der Waals surface area contributed by atoms with Gasteiger partial charge in [0.15, 0.2) is 0 Å². The number of benzene rings is 1. The van der Waals surface area contributed by atoms with Crippen LogP contribution in [0.1, 0.15) is 31.9 Å². The molecule has 4 heteroatoms. The fraction of sp³-hybridized carbons (Fsp3) is 0.353. The van der Waals surface area contributed by atoms with Crippen molar-refractivity contribution in [2.24, 2.45) is 0 Å². The highest BCUT2D eigenvalue weighted by Crippen LogP contribution is 2.33. The van der Waals surface area contributed by atoms with Gasteiger partial charge in [0.1, 0.15) is 6.67 Å². The monoisotopic (exact) mass is 304 g/mol. The quantitative estimate of drug-likeness (QED) is 0.809. The van der Waals surface area contributed by atoms with Gasteiger partial charge in [-0.2, -0.15) is 0 Å². The molecule has 1 amide bonds. The van der Waals surface area contributed by atoms with Crippen LogP contribution in [-0.2, 0) is 24.3 Å². The first-order valence-corrected chi connectivity index (χ1v) is 7.65. The Morgan fingerprint density at radius 1 is 1.19 bits per heavy atom. The molecule has 0 saturated heterocycles. The highest BCUT2D eigenvalue weighted by Gasteiger charge is 2.20.